The van der Waals surface area contributed by atoms with Gasteiger partial charge in [-0.25, -0.2) is 0 Å². The molecular weight excluding hydrogens is 216 g/mol. The predicted octanol–water partition coefficient (Wildman–Crippen LogP) is 0.498. The van der Waals surface area contributed by atoms with Gasteiger partial charge in [-0.2, -0.15) is 0 Å². The molecule has 1 heterocycles. The standard InChI is InChI=1S/C12H18N4O/c13-5-1-7-16(9-2-3-9)10-4-6-15-11(8-10)12(14)17/h4,6,8-9H,1-3,5,7,13H2,(H2,14,17). The second-order valence-electron chi connectivity index (χ2n) is 4.33. The van der Waals surface area contributed by atoms with E-state index in [0.717, 1.165) is 18.7 Å². The Kier molecular flexibility index (Phi) is 3.58. The van der Waals surface area contributed by atoms with Crippen LogP contribution in [0.3, 0.4) is 0 Å². The zero-order valence-electron chi connectivity index (χ0n) is 9.80. The molecule has 0 unspecified atom stereocenters. The quantitative estimate of drug-likeness (QED) is 0.750. The van der Waals surface area contributed by atoms with Crippen LogP contribution < -0.4 is 16.4 Å². The Labute approximate surface area is 101 Å². The van der Waals surface area contributed by atoms with Gasteiger partial charge in [0.05, 0.1) is 0 Å². The molecular formula is C12H18N4O. The molecule has 0 atom stereocenters. The molecule has 92 valence electrons. The highest BCUT2D eigenvalue weighted by Crippen LogP contribution is 2.31. The van der Waals surface area contributed by atoms with Crippen molar-refractivity contribution in [2.75, 3.05) is 18.0 Å². The molecule has 2 rings (SSSR count). The van der Waals surface area contributed by atoms with Gasteiger partial charge in [-0.1, -0.05) is 0 Å². The first-order valence-corrected chi connectivity index (χ1v) is 5.95. The van der Waals surface area contributed by atoms with Crippen LogP contribution in [0.25, 0.3) is 0 Å². The van der Waals surface area contributed by atoms with Gasteiger partial charge in [-0.15, -0.1) is 0 Å². The summed E-state index contributed by atoms with van der Waals surface area (Å²) in [6, 6.07) is 4.27. The van der Waals surface area contributed by atoms with E-state index in [0.29, 0.717) is 18.3 Å². The topological polar surface area (TPSA) is 85.2 Å². The lowest BCUT2D eigenvalue weighted by Gasteiger charge is -2.24. The Hall–Kier alpha value is -1.62. The number of hydrogen-bond donors (Lipinski definition) is 2. The molecule has 1 amide bonds. The van der Waals surface area contributed by atoms with E-state index in [-0.39, 0.29) is 0 Å². The lowest BCUT2D eigenvalue weighted by Crippen LogP contribution is -2.28. The first-order valence-electron chi connectivity index (χ1n) is 5.95. The van der Waals surface area contributed by atoms with Crippen molar-refractivity contribution in [1.29, 1.82) is 0 Å². The Morgan fingerprint density at radius 3 is 2.88 bits per heavy atom. The third kappa shape index (κ3) is 2.94. The van der Waals surface area contributed by atoms with Crippen molar-refractivity contribution in [3.63, 3.8) is 0 Å². The van der Waals surface area contributed by atoms with E-state index in [1.807, 2.05) is 6.07 Å². The summed E-state index contributed by atoms with van der Waals surface area (Å²) in [4.78, 5) is 17.3. The van der Waals surface area contributed by atoms with Gasteiger partial charge in [0, 0.05) is 24.5 Å². The summed E-state index contributed by atoms with van der Waals surface area (Å²) in [7, 11) is 0. The molecule has 17 heavy (non-hydrogen) atoms. The lowest BCUT2D eigenvalue weighted by molar-refractivity contribution is 0.0995. The average molecular weight is 234 g/mol. The summed E-state index contributed by atoms with van der Waals surface area (Å²) >= 11 is 0. The molecule has 0 radical (unpaired) electrons. The number of amides is 1. The third-order valence-electron chi connectivity index (χ3n) is 2.92. The highest BCUT2D eigenvalue weighted by atomic mass is 16.1. The van der Waals surface area contributed by atoms with Crippen LogP contribution in [0.2, 0.25) is 0 Å². The van der Waals surface area contributed by atoms with E-state index in [9.17, 15) is 4.79 Å². The molecule has 0 saturated heterocycles. The molecule has 5 heteroatoms. The molecule has 1 fully saturated rings. The lowest BCUT2D eigenvalue weighted by atomic mass is 10.2. The van der Waals surface area contributed by atoms with E-state index in [4.69, 9.17) is 11.5 Å². The van der Waals surface area contributed by atoms with Crippen molar-refractivity contribution < 1.29 is 4.79 Å². The van der Waals surface area contributed by atoms with Crippen LogP contribution in [0.4, 0.5) is 5.69 Å². The zero-order chi connectivity index (χ0) is 12.3. The van der Waals surface area contributed by atoms with E-state index in [2.05, 4.69) is 9.88 Å². The van der Waals surface area contributed by atoms with Gasteiger partial charge in [0.2, 0.25) is 0 Å². The molecule has 1 aromatic heterocycles. The minimum atomic E-state index is -0.485. The fourth-order valence-corrected chi connectivity index (χ4v) is 1.90. The second kappa shape index (κ2) is 5.14. The number of carbonyl (C=O) groups is 1. The molecule has 5 nitrogen and oxygen atoms in total. The highest BCUT2D eigenvalue weighted by molar-refractivity contribution is 5.91. The van der Waals surface area contributed by atoms with Crippen LogP contribution in [0.1, 0.15) is 29.8 Å². The molecule has 0 bridgehead atoms. The summed E-state index contributed by atoms with van der Waals surface area (Å²) in [5, 5.41) is 0. The summed E-state index contributed by atoms with van der Waals surface area (Å²) in [5.74, 6) is -0.485. The Balaban J connectivity index is 2.16. The van der Waals surface area contributed by atoms with Crippen molar-refractivity contribution in [3.05, 3.63) is 24.0 Å². The second-order valence-corrected chi connectivity index (χ2v) is 4.33. The third-order valence-corrected chi connectivity index (χ3v) is 2.92. The van der Waals surface area contributed by atoms with Crippen LogP contribution in [0, 0.1) is 0 Å². The number of rotatable bonds is 6. The fourth-order valence-electron chi connectivity index (χ4n) is 1.90. The number of aromatic nitrogens is 1. The number of nitrogens with zero attached hydrogens (tertiary/aromatic N) is 2. The molecule has 1 saturated carbocycles. The van der Waals surface area contributed by atoms with E-state index in [1.54, 1.807) is 12.3 Å². The van der Waals surface area contributed by atoms with Gasteiger partial charge in [0.25, 0.3) is 5.91 Å². The first-order chi connectivity index (χ1) is 8.22. The maximum Gasteiger partial charge on any atom is 0.267 e. The van der Waals surface area contributed by atoms with Crippen LogP contribution in [0.15, 0.2) is 18.3 Å². The maximum atomic E-state index is 11.1. The minimum absolute atomic E-state index is 0.320. The summed E-state index contributed by atoms with van der Waals surface area (Å²) in [6.07, 6.45) is 5.00. The first kappa shape index (κ1) is 11.9. The van der Waals surface area contributed by atoms with Gasteiger partial charge >= 0.3 is 0 Å². The van der Waals surface area contributed by atoms with Gasteiger partial charge in [0.1, 0.15) is 5.69 Å². The minimum Gasteiger partial charge on any atom is -0.368 e. The Bertz CT molecular complexity index is 403. The zero-order valence-corrected chi connectivity index (χ0v) is 9.80. The average Bonchev–Trinajstić information content (AvgIpc) is 3.14. The maximum absolute atomic E-state index is 11.1. The number of pyridine rings is 1. The smallest absolute Gasteiger partial charge is 0.267 e. The summed E-state index contributed by atoms with van der Waals surface area (Å²) in [5.41, 5.74) is 12.1. The van der Waals surface area contributed by atoms with E-state index < -0.39 is 5.91 Å². The molecule has 1 aliphatic carbocycles. The number of carbonyl (C=O) groups excluding carboxylic acids is 1. The molecule has 0 spiro atoms. The molecule has 0 aromatic carbocycles. The van der Waals surface area contributed by atoms with Crippen molar-refractivity contribution in [2.24, 2.45) is 11.5 Å². The largest absolute Gasteiger partial charge is 0.368 e. The van der Waals surface area contributed by atoms with Crippen LogP contribution >= 0.6 is 0 Å². The van der Waals surface area contributed by atoms with Crippen molar-refractivity contribution >= 4 is 11.6 Å². The van der Waals surface area contributed by atoms with Crippen molar-refractivity contribution in [2.45, 2.75) is 25.3 Å². The van der Waals surface area contributed by atoms with E-state index >= 15 is 0 Å². The predicted molar refractivity (Wildman–Crippen MR) is 66.8 cm³/mol. The number of hydrogen-bond acceptors (Lipinski definition) is 4. The van der Waals surface area contributed by atoms with E-state index in [1.165, 1.54) is 12.8 Å². The van der Waals surface area contributed by atoms with Crippen molar-refractivity contribution in [1.82, 2.24) is 4.98 Å². The Morgan fingerprint density at radius 2 is 2.29 bits per heavy atom. The molecule has 0 aliphatic heterocycles. The monoisotopic (exact) mass is 234 g/mol. The Morgan fingerprint density at radius 1 is 1.53 bits per heavy atom. The fraction of sp³-hybridized carbons (Fsp3) is 0.500. The number of anilines is 1. The normalized spacial score (nSPS) is 14.6. The summed E-state index contributed by atoms with van der Waals surface area (Å²) < 4.78 is 0. The number of nitrogens with two attached hydrogens (primary N) is 2. The van der Waals surface area contributed by atoms with Gasteiger partial charge in [0.15, 0.2) is 0 Å². The van der Waals surface area contributed by atoms with Crippen molar-refractivity contribution in [3.8, 4) is 0 Å². The van der Waals surface area contributed by atoms with Crippen LogP contribution in [0.5, 0.6) is 0 Å². The van der Waals surface area contributed by atoms with Gasteiger partial charge < -0.3 is 16.4 Å². The van der Waals surface area contributed by atoms with Gasteiger partial charge in [-0.3, -0.25) is 9.78 Å². The van der Waals surface area contributed by atoms with Crippen LogP contribution in [-0.4, -0.2) is 30.0 Å². The molecule has 1 aliphatic rings. The highest BCUT2D eigenvalue weighted by Gasteiger charge is 2.29. The molecule has 1 aromatic rings. The van der Waals surface area contributed by atoms with Crippen LogP contribution in [-0.2, 0) is 0 Å². The summed E-state index contributed by atoms with van der Waals surface area (Å²) in [6.45, 7) is 1.60. The van der Waals surface area contributed by atoms with Gasteiger partial charge in [-0.05, 0) is 37.9 Å². The molecule has 4 N–H and O–H groups in total. The SMILES string of the molecule is NCCCN(c1ccnc(C(N)=O)c1)C1CC1. The number of primary amides is 1.